The van der Waals surface area contributed by atoms with Gasteiger partial charge in [-0.15, -0.1) is 0 Å². The van der Waals surface area contributed by atoms with E-state index in [1.165, 1.54) is 0 Å². The Morgan fingerprint density at radius 2 is 0.851 bits per heavy atom. The summed E-state index contributed by atoms with van der Waals surface area (Å²) in [5.41, 5.74) is -6.22. The van der Waals surface area contributed by atoms with E-state index in [9.17, 15) is 57.1 Å². The molecular formula is C28H5BF16O2. The minimum Gasteiger partial charge on any atom is -0.519 e. The second-order valence-corrected chi connectivity index (χ2v) is 9.19. The molecule has 0 saturated carbocycles. The van der Waals surface area contributed by atoms with E-state index in [4.69, 9.17) is 9.31 Å². The standard InChI is InChI=1S/C28H5BF16O2/c30-6-1-3-8(10(32)5-6)29(46-27-7-2-4-9(31)14(33)11(7)15(34)22(41)25(27)44)47-28-13(18(37)21(40)24(43)26(28)45)12-16(35)19(38)23(42)20(39)17(12)36/h1-5H. The first-order valence-corrected chi connectivity index (χ1v) is 12.1. The van der Waals surface area contributed by atoms with Crippen LogP contribution in [-0.4, -0.2) is 7.12 Å². The molecule has 5 aromatic carbocycles. The van der Waals surface area contributed by atoms with Gasteiger partial charge in [-0.1, -0.05) is 6.07 Å². The highest BCUT2D eigenvalue weighted by molar-refractivity contribution is 6.63. The van der Waals surface area contributed by atoms with Gasteiger partial charge in [0.05, 0.1) is 16.5 Å². The van der Waals surface area contributed by atoms with E-state index in [0.29, 0.717) is 18.2 Å². The normalized spacial score (nSPS) is 11.4. The minimum atomic E-state index is -3.15. The molecule has 0 N–H and O–H groups in total. The predicted octanol–water partition coefficient (Wildman–Crippen LogP) is 8.59. The predicted molar refractivity (Wildman–Crippen MR) is 128 cm³/mol. The van der Waals surface area contributed by atoms with Crippen LogP contribution in [0.2, 0.25) is 0 Å². The minimum absolute atomic E-state index is 0.00301. The maximum absolute atomic E-state index is 15.2. The Bertz CT molecular complexity index is 2110. The SMILES string of the molecule is Fc1ccc(B(Oc2c(F)c(F)c(F)c(F)c2-c2c(F)c(F)c(F)c(F)c2F)Oc2c(F)c(F)c(F)c3c(F)c(F)ccc23)c(F)c1. The van der Waals surface area contributed by atoms with Crippen molar-refractivity contribution in [3.05, 3.63) is 123 Å². The number of halogens is 16. The van der Waals surface area contributed by atoms with Gasteiger partial charge in [-0.05, 0) is 18.2 Å². The van der Waals surface area contributed by atoms with Gasteiger partial charge in [-0.2, -0.15) is 8.78 Å². The maximum Gasteiger partial charge on any atom is 0.635 e. The van der Waals surface area contributed by atoms with Crippen molar-refractivity contribution in [2.24, 2.45) is 0 Å². The zero-order valence-electron chi connectivity index (χ0n) is 21.8. The molecule has 0 unspecified atom stereocenters. The molecule has 0 aromatic heterocycles. The molecule has 0 bridgehead atoms. The topological polar surface area (TPSA) is 18.5 Å². The van der Waals surface area contributed by atoms with Crippen LogP contribution in [0.5, 0.6) is 11.5 Å². The fraction of sp³-hybridized carbons (Fsp3) is 0. The van der Waals surface area contributed by atoms with E-state index in [0.717, 1.165) is 0 Å². The molecule has 244 valence electrons. The van der Waals surface area contributed by atoms with Gasteiger partial charge in [-0.25, -0.2) is 61.5 Å². The molecule has 0 spiro atoms. The number of benzene rings is 5. The molecule has 0 saturated heterocycles. The van der Waals surface area contributed by atoms with E-state index >= 15 is 13.2 Å². The molecule has 0 heterocycles. The third-order valence-electron chi connectivity index (χ3n) is 6.49. The highest BCUT2D eigenvalue weighted by Gasteiger charge is 2.40. The van der Waals surface area contributed by atoms with Crippen molar-refractivity contribution >= 4 is 23.4 Å². The zero-order valence-corrected chi connectivity index (χ0v) is 21.8. The maximum atomic E-state index is 15.2. The molecule has 2 nitrogen and oxygen atoms in total. The van der Waals surface area contributed by atoms with Crippen molar-refractivity contribution in [1.29, 1.82) is 0 Å². The first-order chi connectivity index (χ1) is 22.0. The third-order valence-corrected chi connectivity index (χ3v) is 6.49. The number of hydrogen-bond donors (Lipinski definition) is 0. The molecular weight excluding hydrogens is 683 g/mol. The van der Waals surface area contributed by atoms with Gasteiger partial charge in [0.25, 0.3) is 0 Å². The van der Waals surface area contributed by atoms with Crippen LogP contribution in [0, 0.1) is 93.1 Å². The van der Waals surface area contributed by atoms with Gasteiger partial charge in [-0.3, -0.25) is 0 Å². The van der Waals surface area contributed by atoms with Crippen LogP contribution >= 0.6 is 0 Å². The summed E-state index contributed by atoms with van der Waals surface area (Å²) in [6.45, 7) is 0. The summed E-state index contributed by atoms with van der Waals surface area (Å²) in [6.07, 6.45) is 0. The van der Waals surface area contributed by atoms with Crippen molar-refractivity contribution in [2.45, 2.75) is 0 Å². The Kier molecular flexibility index (Phi) is 8.44. The lowest BCUT2D eigenvalue weighted by Crippen LogP contribution is -2.45. The van der Waals surface area contributed by atoms with Gasteiger partial charge in [0.15, 0.2) is 63.9 Å². The molecule has 5 rings (SSSR count). The first-order valence-electron chi connectivity index (χ1n) is 12.1. The summed E-state index contributed by atoms with van der Waals surface area (Å²) in [5, 5.41) is -2.89. The van der Waals surface area contributed by atoms with Crippen molar-refractivity contribution in [2.75, 3.05) is 0 Å². The molecule has 0 aliphatic heterocycles. The van der Waals surface area contributed by atoms with Crippen LogP contribution in [0.1, 0.15) is 0 Å². The van der Waals surface area contributed by atoms with Crippen molar-refractivity contribution in [3.63, 3.8) is 0 Å². The van der Waals surface area contributed by atoms with E-state index in [-0.39, 0.29) is 12.1 Å². The summed E-state index contributed by atoms with van der Waals surface area (Å²) in [4.78, 5) is 0. The van der Waals surface area contributed by atoms with Crippen LogP contribution in [0.4, 0.5) is 70.2 Å². The van der Waals surface area contributed by atoms with Gasteiger partial charge in [0.2, 0.25) is 23.3 Å². The van der Waals surface area contributed by atoms with Crippen LogP contribution in [0.15, 0.2) is 30.3 Å². The van der Waals surface area contributed by atoms with Crippen LogP contribution < -0.4 is 14.8 Å². The molecule has 47 heavy (non-hydrogen) atoms. The van der Waals surface area contributed by atoms with Gasteiger partial charge in [0, 0.05) is 16.9 Å². The Hall–Kier alpha value is -5.10. The Balaban J connectivity index is 1.84. The summed E-state index contributed by atoms with van der Waals surface area (Å²) in [5.74, 6) is -44.7. The molecule has 0 amide bonds. The number of fused-ring (bicyclic) bond motifs is 1. The summed E-state index contributed by atoms with van der Waals surface area (Å²) < 4.78 is 240. The summed E-state index contributed by atoms with van der Waals surface area (Å²) in [6, 6.07) is 1.23. The number of rotatable bonds is 6. The highest BCUT2D eigenvalue weighted by atomic mass is 19.2. The lowest BCUT2D eigenvalue weighted by atomic mass is 9.77. The highest BCUT2D eigenvalue weighted by Crippen LogP contribution is 2.43. The molecule has 19 heteroatoms. The third kappa shape index (κ3) is 5.22. The van der Waals surface area contributed by atoms with Gasteiger partial charge in [0.1, 0.15) is 17.4 Å². The molecule has 0 aliphatic rings. The van der Waals surface area contributed by atoms with Crippen molar-refractivity contribution in [1.82, 2.24) is 0 Å². The summed E-state index contributed by atoms with van der Waals surface area (Å²) >= 11 is 0. The van der Waals surface area contributed by atoms with Crippen LogP contribution in [0.3, 0.4) is 0 Å². The van der Waals surface area contributed by atoms with Gasteiger partial charge >= 0.3 is 7.12 Å². The van der Waals surface area contributed by atoms with E-state index < -0.39 is 139 Å². The number of hydrogen-bond acceptors (Lipinski definition) is 2. The average molecular weight is 688 g/mol. The lowest BCUT2D eigenvalue weighted by molar-refractivity contribution is 0.360. The second-order valence-electron chi connectivity index (χ2n) is 9.19. The molecule has 0 radical (unpaired) electrons. The molecule has 0 fully saturated rings. The average Bonchev–Trinajstić information content (AvgIpc) is 3.03. The largest absolute Gasteiger partial charge is 0.635 e. The Morgan fingerprint density at radius 3 is 1.43 bits per heavy atom. The van der Waals surface area contributed by atoms with Crippen LogP contribution in [-0.2, 0) is 0 Å². The van der Waals surface area contributed by atoms with Crippen molar-refractivity contribution < 1.29 is 79.6 Å². The summed E-state index contributed by atoms with van der Waals surface area (Å²) in [7, 11) is -3.15. The van der Waals surface area contributed by atoms with Crippen molar-refractivity contribution in [3.8, 4) is 22.6 Å². The van der Waals surface area contributed by atoms with Crippen LogP contribution in [0.25, 0.3) is 21.9 Å². The van der Waals surface area contributed by atoms with E-state index in [1.54, 1.807) is 0 Å². The van der Waals surface area contributed by atoms with E-state index in [2.05, 4.69) is 0 Å². The monoisotopic (exact) mass is 688 g/mol. The fourth-order valence-electron chi connectivity index (χ4n) is 4.32. The fourth-order valence-corrected chi connectivity index (χ4v) is 4.32. The molecule has 5 aromatic rings. The second kappa shape index (κ2) is 11.9. The Labute approximate surface area is 249 Å². The van der Waals surface area contributed by atoms with Gasteiger partial charge < -0.3 is 9.31 Å². The quantitative estimate of drug-likeness (QED) is 0.0771. The smallest absolute Gasteiger partial charge is 0.519 e. The lowest BCUT2D eigenvalue weighted by Gasteiger charge is -2.22. The molecule has 0 aliphatic carbocycles. The zero-order chi connectivity index (χ0) is 34.8. The first kappa shape index (κ1) is 33.3. The molecule has 0 atom stereocenters. The van der Waals surface area contributed by atoms with E-state index in [1.807, 2.05) is 0 Å². The Morgan fingerprint density at radius 1 is 0.383 bits per heavy atom.